The molecule has 0 spiro atoms. The van der Waals surface area contributed by atoms with E-state index in [1.807, 2.05) is 31.7 Å². The quantitative estimate of drug-likeness (QED) is 0.819. The van der Waals surface area contributed by atoms with Gasteiger partial charge in [-0.1, -0.05) is 6.92 Å². The van der Waals surface area contributed by atoms with Gasteiger partial charge in [0.2, 0.25) is 11.8 Å². The second kappa shape index (κ2) is 7.20. The fourth-order valence-electron chi connectivity index (χ4n) is 3.58. The number of rotatable bonds is 7. The van der Waals surface area contributed by atoms with Gasteiger partial charge in [-0.25, -0.2) is 0 Å². The maximum absolute atomic E-state index is 12.9. The van der Waals surface area contributed by atoms with Crippen molar-refractivity contribution in [3.8, 4) is 0 Å². The van der Waals surface area contributed by atoms with Gasteiger partial charge in [-0.3, -0.25) is 14.5 Å². The van der Waals surface area contributed by atoms with E-state index in [0.29, 0.717) is 32.6 Å². The Morgan fingerprint density at radius 1 is 1.36 bits per heavy atom. The zero-order chi connectivity index (χ0) is 18.0. The van der Waals surface area contributed by atoms with Crippen molar-refractivity contribution in [3.63, 3.8) is 0 Å². The van der Waals surface area contributed by atoms with Crippen LogP contribution in [0.15, 0.2) is 23.0 Å². The fourth-order valence-corrected chi connectivity index (χ4v) is 3.58. The molecule has 3 rings (SSSR count). The molecule has 138 valence electrons. The lowest BCUT2D eigenvalue weighted by Gasteiger charge is -2.28. The summed E-state index contributed by atoms with van der Waals surface area (Å²) in [4.78, 5) is 29.4. The molecule has 6 heteroatoms. The highest BCUT2D eigenvalue weighted by atomic mass is 16.3. The minimum Gasteiger partial charge on any atom is -0.472 e. The van der Waals surface area contributed by atoms with Gasteiger partial charge in [-0.15, -0.1) is 0 Å². The van der Waals surface area contributed by atoms with Crippen molar-refractivity contribution in [2.45, 2.75) is 58.7 Å². The van der Waals surface area contributed by atoms with Crippen LogP contribution in [0.5, 0.6) is 0 Å². The summed E-state index contributed by atoms with van der Waals surface area (Å²) in [7, 11) is 0. The Hall–Kier alpha value is -1.82. The third kappa shape index (κ3) is 3.89. The van der Waals surface area contributed by atoms with Gasteiger partial charge >= 0.3 is 0 Å². The van der Waals surface area contributed by atoms with Gasteiger partial charge in [0.25, 0.3) is 0 Å². The first-order chi connectivity index (χ1) is 12.0. The number of carbonyl (C=O) groups excluding carboxylic acids is 2. The molecule has 2 unspecified atom stereocenters. The summed E-state index contributed by atoms with van der Waals surface area (Å²) >= 11 is 0. The topological polar surface area (TPSA) is 65.8 Å². The maximum Gasteiger partial charge on any atom is 0.240 e. The number of hydrogen-bond donors (Lipinski definition) is 1. The lowest BCUT2D eigenvalue weighted by molar-refractivity contribution is -0.135. The molecule has 2 fully saturated rings. The van der Waals surface area contributed by atoms with E-state index in [1.165, 1.54) is 0 Å². The first kappa shape index (κ1) is 18.0. The molecular formula is C19H29N3O3. The van der Waals surface area contributed by atoms with Crippen LogP contribution in [-0.4, -0.2) is 53.3 Å². The highest BCUT2D eigenvalue weighted by Crippen LogP contribution is 2.45. The number of carbonyl (C=O) groups is 2. The average molecular weight is 347 g/mol. The lowest BCUT2D eigenvalue weighted by Crippen LogP contribution is -2.45. The molecule has 2 atom stereocenters. The molecule has 1 aromatic rings. The van der Waals surface area contributed by atoms with E-state index >= 15 is 0 Å². The van der Waals surface area contributed by atoms with Gasteiger partial charge in [0.15, 0.2) is 0 Å². The Morgan fingerprint density at radius 2 is 2.08 bits per heavy atom. The predicted molar refractivity (Wildman–Crippen MR) is 94.7 cm³/mol. The molecule has 1 N–H and O–H groups in total. The minimum absolute atomic E-state index is 0.0290. The van der Waals surface area contributed by atoms with Gasteiger partial charge in [-0.2, -0.15) is 0 Å². The Bertz CT molecular complexity index is 605. The summed E-state index contributed by atoms with van der Waals surface area (Å²) < 4.78 is 5.16. The molecule has 1 aliphatic carbocycles. The van der Waals surface area contributed by atoms with E-state index < -0.39 is 0 Å². The van der Waals surface area contributed by atoms with Gasteiger partial charge in [0, 0.05) is 43.2 Å². The number of nitrogens with one attached hydrogen (secondary N) is 1. The third-order valence-corrected chi connectivity index (χ3v) is 5.61. The molecule has 1 saturated heterocycles. The van der Waals surface area contributed by atoms with Crippen LogP contribution in [0.4, 0.5) is 0 Å². The molecule has 2 amide bonds. The molecule has 25 heavy (non-hydrogen) atoms. The maximum atomic E-state index is 12.9. The highest BCUT2D eigenvalue weighted by molar-refractivity contribution is 5.86. The van der Waals surface area contributed by atoms with E-state index in [4.69, 9.17) is 4.42 Å². The summed E-state index contributed by atoms with van der Waals surface area (Å²) in [6.45, 7) is 8.80. The van der Waals surface area contributed by atoms with Crippen LogP contribution < -0.4 is 5.32 Å². The zero-order valence-corrected chi connectivity index (χ0v) is 15.5. The standard InChI is InChI=1S/C19H29N3O3/c1-4-21(5-2)17(23)16-10-15(20-18(24)19(3)7-8-19)12-22(16)11-14-6-9-25-13-14/h6,9,13,15-16H,4-5,7-8,10-12H2,1-3H3,(H,20,24). The lowest BCUT2D eigenvalue weighted by atomic mass is 10.1. The van der Waals surface area contributed by atoms with Crippen LogP contribution >= 0.6 is 0 Å². The van der Waals surface area contributed by atoms with Gasteiger partial charge in [0.05, 0.1) is 18.6 Å². The van der Waals surface area contributed by atoms with Crippen molar-refractivity contribution in [3.05, 3.63) is 24.2 Å². The average Bonchev–Trinajstić information content (AvgIpc) is 3.00. The number of likely N-dealkylation sites (N-methyl/N-ethyl adjacent to an activating group) is 1. The van der Waals surface area contributed by atoms with Crippen molar-refractivity contribution in [1.29, 1.82) is 0 Å². The Kier molecular flexibility index (Phi) is 5.18. The summed E-state index contributed by atoms with van der Waals surface area (Å²) in [5.41, 5.74) is 0.870. The van der Waals surface area contributed by atoms with E-state index in [1.54, 1.807) is 12.5 Å². The molecule has 0 bridgehead atoms. The molecule has 2 heterocycles. The summed E-state index contributed by atoms with van der Waals surface area (Å²) in [6, 6.07) is 1.77. The molecular weight excluding hydrogens is 318 g/mol. The second-order valence-electron chi connectivity index (χ2n) is 7.55. The number of furan rings is 1. The predicted octanol–water partition coefficient (Wildman–Crippen LogP) is 2.01. The van der Waals surface area contributed by atoms with Crippen molar-refractivity contribution in [2.75, 3.05) is 19.6 Å². The van der Waals surface area contributed by atoms with Crippen LogP contribution in [-0.2, 0) is 16.1 Å². The Labute approximate surface area is 149 Å². The minimum atomic E-state index is -0.188. The van der Waals surface area contributed by atoms with Gasteiger partial charge in [-0.05, 0) is 39.2 Å². The van der Waals surface area contributed by atoms with E-state index in [0.717, 1.165) is 18.4 Å². The summed E-state index contributed by atoms with van der Waals surface area (Å²) in [5, 5.41) is 3.18. The zero-order valence-electron chi connectivity index (χ0n) is 15.5. The van der Waals surface area contributed by atoms with Crippen molar-refractivity contribution < 1.29 is 14.0 Å². The molecule has 6 nitrogen and oxygen atoms in total. The van der Waals surface area contributed by atoms with E-state index in [9.17, 15) is 9.59 Å². The fraction of sp³-hybridized carbons (Fsp3) is 0.684. The SMILES string of the molecule is CCN(CC)C(=O)C1CC(NC(=O)C2(C)CC2)CN1Cc1ccoc1. The molecule has 1 aromatic heterocycles. The normalized spacial score (nSPS) is 24.9. The van der Waals surface area contributed by atoms with Gasteiger partial charge < -0.3 is 14.6 Å². The van der Waals surface area contributed by atoms with Crippen molar-refractivity contribution in [2.24, 2.45) is 5.41 Å². The number of hydrogen-bond acceptors (Lipinski definition) is 4. The number of likely N-dealkylation sites (tertiary alicyclic amines) is 1. The molecule has 1 saturated carbocycles. The van der Waals surface area contributed by atoms with Crippen LogP contribution in [0, 0.1) is 5.41 Å². The summed E-state index contributed by atoms with van der Waals surface area (Å²) in [6.07, 6.45) is 5.98. The molecule has 0 aromatic carbocycles. The van der Waals surface area contributed by atoms with Gasteiger partial charge in [0.1, 0.15) is 0 Å². The number of nitrogens with zero attached hydrogens (tertiary/aromatic N) is 2. The van der Waals surface area contributed by atoms with Crippen molar-refractivity contribution >= 4 is 11.8 Å². The van der Waals surface area contributed by atoms with Crippen LogP contribution in [0.2, 0.25) is 0 Å². The highest BCUT2D eigenvalue weighted by Gasteiger charge is 2.47. The largest absolute Gasteiger partial charge is 0.472 e. The Morgan fingerprint density at radius 3 is 2.64 bits per heavy atom. The van der Waals surface area contributed by atoms with Crippen molar-refractivity contribution in [1.82, 2.24) is 15.1 Å². The van der Waals surface area contributed by atoms with Crippen LogP contribution in [0.1, 0.15) is 45.6 Å². The third-order valence-electron chi connectivity index (χ3n) is 5.61. The molecule has 0 radical (unpaired) electrons. The van der Waals surface area contributed by atoms with E-state index in [2.05, 4.69) is 10.2 Å². The smallest absolute Gasteiger partial charge is 0.240 e. The van der Waals surface area contributed by atoms with Crippen LogP contribution in [0.25, 0.3) is 0 Å². The second-order valence-corrected chi connectivity index (χ2v) is 7.55. The Balaban J connectivity index is 1.70. The summed E-state index contributed by atoms with van der Waals surface area (Å²) in [5.74, 6) is 0.291. The molecule has 2 aliphatic rings. The monoisotopic (exact) mass is 347 g/mol. The molecule has 1 aliphatic heterocycles. The number of amides is 2. The first-order valence-electron chi connectivity index (χ1n) is 9.31. The van der Waals surface area contributed by atoms with Crippen LogP contribution in [0.3, 0.4) is 0 Å². The first-order valence-corrected chi connectivity index (χ1v) is 9.31. The van der Waals surface area contributed by atoms with E-state index in [-0.39, 0.29) is 29.3 Å².